The Morgan fingerprint density at radius 1 is 1.29 bits per heavy atom. The lowest BCUT2D eigenvalue weighted by Crippen LogP contribution is -2.41. The summed E-state index contributed by atoms with van der Waals surface area (Å²) < 4.78 is 1.90. The first kappa shape index (κ1) is 13.4. The molecule has 2 aromatic rings. The van der Waals surface area contributed by atoms with E-state index in [0.29, 0.717) is 6.04 Å². The fourth-order valence-electron chi connectivity index (χ4n) is 3.78. The van der Waals surface area contributed by atoms with Crippen molar-refractivity contribution in [2.45, 2.75) is 25.6 Å². The average molecular weight is 303 g/mol. The number of likely N-dealkylation sites (tertiary alicyclic amines) is 2. The van der Waals surface area contributed by atoms with E-state index in [1.54, 1.807) is 11.3 Å². The highest BCUT2D eigenvalue weighted by Gasteiger charge is 2.38. The highest BCUT2D eigenvalue weighted by atomic mass is 32.1. The largest absolute Gasteiger partial charge is 0.295 e. The molecule has 0 spiro atoms. The summed E-state index contributed by atoms with van der Waals surface area (Å²) in [5.41, 5.74) is 1.33. The molecule has 2 atom stereocenters. The number of hydrogen-bond acceptors (Lipinski definition) is 5. The van der Waals surface area contributed by atoms with Crippen LogP contribution in [0.5, 0.6) is 0 Å². The van der Waals surface area contributed by atoms with Crippen molar-refractivity contribution in [3.63, 3.8) is 0 Å². The first-order valence-electron chi connectivity index (χ1n) is 7.58. The number of rotatable bonds is 4. The Bertz CT molecular complexity index is 593. The summed E-state index contributed by atoms with van der Waals surface area (Å²) in [6.07, 6.45) is 7.40. The summed E-state index contributed by atoms with van der Waals surface area (Å²) in [6.45, 7) is 5.69. The molecular weight excluding hydrogens is 282 g/mol. The summed E-state index contributed by atoms with van der Waals surface area (Å²) in [5, 5.41) is 7.60. The van der Waals surface area contributed by atoms with Crippen molar-refractivity contribution in [1.82, 2.24) is 24.6 Å². The highest BCUT2D eigenvalue weighted by Crippen LogP contribution is 2.31. The van der Waals surface area contributed by atoms with E-state index in [0.717, 1.165) is 19.0 Å². The summed E-state index contributed by atoms with van der Waals surface area (Å²) >= 11 is 1.77. The van der Waals surface area contributed by atoms with Crippen molar-refractivity contribution in [2.75, 3.05) is 19.6 Å². The standard InChI is InChI=1S/C15H21N5S/c1-18-6-13(5-17-18)9-20-8-12-4-14(20)10-19(7-12)11-15-16-2-3-21-15/h2-3,5-6,12,14H,4,7-11H2,1H3/t12-,14-/m0/s1. The van der Waals surface area contributed by atoms with Crippen molar-refractivity contribution < 1.29 is 0 Å². The van der Waals surface area contributed by atoms with Gasteiger partial charge in [0.1, 0.15) is 5.01 Å². The van der Waals surface area contributed by atoms with Crippen molar-refractivity contribution in [3.05, 3.63) is 34.5 Å². The molecule has 2 saturated heterocycles. The lowest BCUT2D eigenvalue weighted by molar-refractivity contribution is 0.153. The van der Waals surface area contributed by atoms with Crippen molar-refractivity contribution in [1.29, 1.82) is 0 Å². The molecule has 0 aromatic carbocycles. The lowest BCUT2D eigenvalue weighted by atomic mass is 10.00. The maximum atomic E-state index is 4.42. The van der Waals surface area contributed by atoms with Crippen molar-refractivity contribution in [2.24, 2.45) is 13.0 Å². The van der Waals surface area contributed by atoms with E-state index in [1.807, 2.05) is 24.1 Å². The molecular formula is C15H21N5S. The van der Waals surface area contributed by atoms with Gasteiger partial charge < -0.3 is 0 Å². The van der Waals surface area contributed by atoms with Crippen LogP contribution in [-0.4, -0.2) is 50.2 Å². The summed E-state index contributed by atoms with van der Waals surface area (Å²) in [4.78, 5) is 9.65. The van der Waals surface area contributed by atoms with Crippen LogP contribution in [0.1, 0.15) is 17.0 Å². The third kappa shape index (κ3) is 2.88. The molecule has 4 heterocycles. The minimum atomic E-state index is 0.698. The van der Waals surface area contributed by atoms with Crippen LogP contribution in [-0.2, 0) is 20.1 Å². The van der Waals surface area contributed by atoms with Crippen LogP contribution in [0.3, 0.4) is 0 Å². The number of aryl methyl sites for hydroxylation is 1. The maximum absolute atomic E-state index is 4.42. The Balaban J connectivity index is 1.40. The first-order valence-corrected chi connectivity index (χ1v) is 8.46. The Kier molecular flexibility index (Phi) is 3.52. The zero-order valence-electron chi connectivity index (χ0n) is 12.4. The van der Waals surface area contributed by atoms with Crippen LogP contribution in [0.15, 0.2) is 24.0 Å². The second kappa shape index (κ2) is 5.51. The van der Waals surface area contributed by atoms with Gasteiger partial charge in [-0.1, -0.05) is 0 Å². The SMILES string of the molecule is Cn1cc(CN2C[C@H]3C[C@H]2CN(Cc2nccs2)C3)cn1. The zero-order valence-corrected chi connectivity index (χ0v) is 13.2. The van der Waals surface area contributed by atoms with E-state index in [4.69, 9.17) is 0 Å². The predicted molar refractivity (Wildman–Crippen MR) is 82.9 cm³/mol. The monoisotopic (exact) mass is 303 g/mol. The molecule has 0 aliphatic carbocycles. The number of thiazole rings is 1. The van der Waals surface area contributed by atoms with Gasteiger partial charge in [0, 0.05) is 62.6 Å². The molecule has 0 saturated carbocycles. The molecule has 0 unspecified atom stereocenters. The molecule has 4 rings (SSSR count). The van der Waals surface area contributed by atoms with Gasteiger partial charge in [0.15, 0.2) is 0 Å². The number of hydrogen-bond donors (Lipinski definition) is 0. The molecule has 2 bridgehead atoms. The third-order valence-corrected chi connectivity index (χ3v) is 5.35. The summed E-state index contributed by atoms with van der Waals surface area (Å²) in [5.74, 6) is 0.820. The summed E-state index contributed by atoms with van der Waals surface area (Å²) in [7, 11) is 1.99. The zero-order chi connectivity index (χ0) is 14.2. The molecule has 2 fully saturated rings. The van der Waals surface area contributed by atoms with Crippen LogP contribution < -0.4 is 0 Å². The maximum Gasteiger partial charge on any atom is 0.107 e. The van der Waals surface area contributed by atoms with Gasteiger partial charge in [-0.3, -0.25) is 14.5 Å². The normalized spacial score (nSPS) is 26.5. The van der Waals surface area contributed by atoms with E-state index in [-0.39, 0.29) is 0 Å². The molecule has 2 aliphatic rings. The van der Waals surface area contributed by atoms with Crippen LogP contribution in [0.25, 0.3) is 0 Å². The molecule has 112 valence electrons. The molecule has 2 aromatic heterocycles. The Hall–Kier alpha value is -1.24. The van der Waals surface area contributed by atoms with E-state index >= 15 is 0 Å². The number of fused-ring (bicyclic) bond motifs is 2. The fourth-order valence-corrected chi connectivity index (χ4v) is 4.44. The van der Waals surface area contributed by atoms with E-state index in [2.05, 4.69) is 31.5 Å². The molecule has 2 aliphatic heterocycles. The van der Waals surface area contributed by atoms with E-state index in [1.165, 1.54) is 36.6 Å². The van der Waals surface area contributed by atoms with Crippen molar-refractivity contribution >= 4 is 11.3 Å². The molecule has 6 heteroatoms. The van der Waals surface area contributed by atoms with Gasteiger partial charge in [0.05, 0.1) is 12.7 Å². The Labute approximate surface area is 129 Å². The molecule has 21 heavy (non-hydrogen) atoms. The van der Waals surface area contributed by atoms with Crippen LogP contribution in [0.4, 0.5) is 0 Å². The predicted octanol–water partition coefficient (Wildman–Crippen LogP) is 1.58. The lowest BCUT2D eigenvalue weighted by Gasteiger charge is -2.32. The van der Waals surface area contributed by atoms with Gasteiger partial charge in [-0.15, -0.1) is 11.3 Å². The second-order valence-electron chi connectivity index (χ2n) is 6.33. The van der Waals surface area contributed by atoms with Gasteiger partial charge in [-0.05, 0) is 12.3 Å². The summed E-state index contributed by atoms with van der Waals surface area (Å²) in [6, 6.07) is 0.698. The van der Waals surface area contributed by atoms with E-state index in [9.17, 15) is 0 Å². The van der Waals surface area contributed by atoms with Gasteiger partial charge in [-0.25, -0.2) is 4.98 Å². The average Bonchev–Trinajstić information content (AvgIpc) is 3.14. The molecule has 0 amide bonds. The van der Waals surface area contributed by atoms with Crippen LogP contribution in [0, 0.1) is 5.92 Å². The Morgan fingerprint density at radius 2 is 2.24 bits per heavy atom. The van der Waals surface area contributed by atoms with Gasteiger partial charge in [0.2, 0.25) is 0 Å². The first-order chi connectivity index (χ1) is 10.3. The molecule has 5 nitrogen and oxygen atoms in total. The van der Waals surface area contributed by atoms with Crippen LogP contribution >= 0.6 is 11.3 Å². The van der Waals surface area contributed by atoms with Crippen molar-refractivity contribution in [3.8, 4) is 0 Å². The van der Waals surface area contributed by atoms with Gasteiger partial charge in [-0.2, -0.15) is 5.10 Å². The smallest absolute Gasteiger partial charge is 0.107 e. The molecule has 0 radical (unpaired) electrons. The third-order valence-electron chi connectivity index (χ3n) is 4.59. The fraction of sp³-hybridized carbons (Fsp3) is 0.600. The topological polar surface area (TPSA) is 37.2 Å². The molecule has 0 N–H and O–H groups in total. The number of piperidine rings is 1. The highest BCUT2D eigenvalue weighted by molar-refractivity contribution is 7.09. The van der Waals surface area contributed by atoms with Crippen LogP contribution in [0.2, 0.25) is 0 Å². The minimum absolute atomic E-state index is 0.698. The number of nitrogens with zero attached hydrogens (tertiary/aromatic N) is 5. The minimum Gasteiger partial charge on any atom is -0.295 e. The van der Waals surface area contributed by atoms with Gasteiger partial charge in [0.25, 0.3) is 0 Å². The Morgan fingerprint density at radius 3 is 3.00 bits per heavy atom. The van der Waals surface area contributed by atoms with Gasteiger partial charge >= 0.3 is 0 Å². The van der Waals surface area contributed by atoms with E-state index < -0.39 is 0 Å². The number of aromatic nitrogens is 3. The quantitative estimate of drug-likeness (QED) is 0.859. The second-order valence-corrected chi connectivity index (χ2v) is 7.31.